The predicted molar refractivity (Wildman–Crippen MR) is 371 cm³/mol. The van der Waals surface area contributed by atoms with Crippen molar-refractivity contribution in [2.45, 2.75) is 360 Å². The summed E-state index contributed by atoms with van der Waals surface area (Å²) in [4.78, 5) is 37.5. The van der Waals surface area contributed by atoms with Gasteiger partial charge in [0.25, 0.3) is 0 Å². The van der Waals surface area contributed by atoms with Crippen LogP contribution in [0.1, 0.15) is 348 Å². The lowest BCUT2D eigenvalue weighted by molar-refractivity contribution is -0.870. The molecule has 9 nitrogen and oxygen atoms in total. The van der Waals surface area contributed by atoms with Gasteiger partial charge < -0.3 is 33.3 Å². The second-order valence-corrected chi connectivity index (χ2v) is 26.2. The minimum atomic E-state index is -1.62. The van der Waals surface area contributed by atoms with Gasteiger partial charge in [0.2, 0.25) is 0 Å². The lowest BCUT2D eigenvalue weighted by Gasteiger charge is -2.26. The zero-order valence-corrected chi connectivity index (χ0v) is 57.9. The van der Waals surface area contributed by atoms with Crippen molar-refractivity contribution in [1.82, 2.24) is 0 Å². The van der Waals surface area contributed by atoms with Crippen LogP contribution in [0, 0.1) is 0 Å². The van der Waals surface area contributed by atoms with Crippen LogP contribution in [0.25, 0.3) is 0 Å². The number of quaternary nitrogens is 1. The van der Waals surface area contributed by atoms with E-state index in [4.69, 9.17) is 18.9 Å². The molecule has 0 aliphatic rings. The summed E-state index contributed by atoms with van der Waals surface area (Å²) in [6.45, 7) is 4.67. The average Bonchev–Trinajstić information content (AvgIpc) is 3.56. The van der Waals surface area contributed by atoms with Gasteiger partial charge in [0.1, 0.15) is 13.2 Å². The highest BCUT2D eigenvalue weighted by molar-refractivity contribution is 5.70. The lowest BCUT2D eigenvalue weighted by atomic mass is 10.0. The van der Waals surface area contributed by atoms with Gasteiger partial charge in [0.15, 0.2) is 12.4 Å². The summed E-state index contributed by atoms with van der Waals surface area (Å²) in [6.07, 6.45) is 88.6. The summed E-state index contributed by atoms with van der Waals surface area (Å²) in [5.41, 5.74) is 0. The highest BCUT2D eigenvalue weighted by Crippen LogP contribution is 2.19. The number of carboxylic acids is 1. The quantitative estimate of drug-likeness (QED) is 0.0195. The van der Waals surface area contributed by atoms with E-state index in [9.17, 15) is 19.5 Å². The molecular formula is C78H141NO8. The molecule has 0 bridgehead atoms. The SMILES string of the molecule is CC/C=C\C/C=C\C/C=C\C/C=C\CCCCCCCCCCCCCCCCC(=O)OC(COC(=O)CCCCCCCCCCCCCCCCCCCCCCCCC/C=C\C/C=C\CCCCCCC)COC(OCC[N+](C)(C)C)C(=O)[O-]. The lowest BCUT2D eigenvalue weighted by Crippen LogP contribution is -2.44. The van der Waals surface area contributed by atoms with Crippen LogP contribution in [0.5, 0.6) is 0 Å². The number of rotatable bonds is 69. The molecule has 0 saturated heterocycles. The molecule has 0 aromatic carbocycles. The third-order valence-corrected chi connectivity index (χ3v) is 16.4. The van der Waals surface area contributed by atoms with E-state index < -0.39 is 24.3 Å². The van der Waals surface area contributed by atoms with Gasteiger partial charge in [0, 0.05) is 12.8 Å². The fourth-order valence-corrected chi connectivity index (χ4v) is 10.8. The molecular weight excluding hydrogens is 1080 g/mol. The van der Waals surface area contributed by atoms with Crippen LogP contribution in [0.3, 0.4) is 0 Å². The van der Waals surface area contributed by atoms with Gasteiger partial charge in [-0.15, -0.1) is 0 Å². The molecule has 506 valence electrons. The zero-order valence-electron chi connectivity index (χ0n) is 57.9. The van der Waals surface area contributed by atoms with Crippen LogP contribution in [0.15, 0.2) is 72.9 Å². The third kappa shape index (κ3) is 70.1. The Morgan fingerprint density at radius 2 is 0.655 bits per heavy atom. The Morgan fingerprint density at radius 1 is 0.356 bits per heavy atom. The summed E-state index contributed by atoms with van der Waals surface area (Å²) in [6, 6.07) is 0. The molecule has 0 aliphatic carbocycles. The molecule has 0 rings (SSSR count). The number of hydrogen-bond acceptors (Lipinski definition) is 8. The minimum Gasteiger partial charge on any atom is -0.545 e. The van der Waals surface area contributed by atoms with Gasteiger partial charge in [-0.25, -0.2) is 0 Å². The number of allylic oxidation sites excluding steroid dienone is 12. The summed E-state index contributed by atoms with van der Waals surface area (Å²) in [5, 5.41) is 11.8. The molecule has 9 heteroatoms. The number of esters is 2. The third-order valence-electron chi connectivity index (χ3n) is 16.4. The number of aliphatic carboxylic acids is 1. The molecule has 0 spiro atoms. The molecule has 0 amide bonds. The zero-order chi connectivity index (χ0) is 63.3. The second-order valence-electron chi connectivity index (χ2n) is 26.2. The van der Waals surface area contributed by atoms with Crippen molar-refractivity contribution in [3.05, 3.63) is 72.9 Å². The Balaban J connectivity index is 4.02. The number of carbonyl (C=O) groups excluding carboxylic acids is 3. The molecule has 0 aromatic rings. The molecule has 0 fully saturated rings. The van der Waals surface area contributed by atoms with Gasteiger partial charge in [0.05, 0.1) is 40.3 Å². The van der Waals surface area contributed by atoms with Crippen molar-refractivity contribution < 1.29 is 42.9 Å². The largest absolute Gasteiger partial charge is 0.545 e. The highest BCUT2D eigenvalue weighted by atomic mass is 16.7. The van der Waals surface area contributed by atoms with Crippen LogP contribution in [-0.2, 0) is 33.3 Å². The summed E-state index contributed by atoms with van der Waals surface area (Å²) in [7, 11) is 5.94. The number of carbonyl (C=O) groups is 3. The number of likely N-dealkylation sites (N-methyl/N-ethyl adjacent to an activating group) is 1. The molecule has 0 radical (unpaired) electrons. The Bertz CT molecular complexity index is 1660. The van der Waals surface area contributed by atoms with Crippen molar-refractivity contribution in [2.24, 2.45) is 0 Å². The first-order chi connectivity index (χ1) is 42.6. The highest BCUT2D eigenvalue weighted by Gasteiger charge is 2.22. The van der Waals surface area contributed by atoms with Crippen molar-refractivity contribution in [2.75, 3.05) is 47.5 Å². The van der Waals surface area contributed by atoms with Crippen LogP contribution in [-0.4, -0.2) is 82.3 Å². The van der Waals surface area contributed by atoms with E-state index in [-0.39, 0.29) is 32.2 Å². The molecule has 87 heavy (non-hydrogen) atoms. The molecule has 0 saturated carbocycles. The topological polar surface area (TPSA) is 111 Å². The fraction of sp³-hybridized carbons (Fsp3) is 0.808. The number of ether oxygens (including phenoxy) is 4. The number of unbranched alkanes of at least 4 members (excludes halogenated alkanes) is 42. The first-order valence-corrected chi connectivity index (χ1v) is 37.1. The van der Waals surface area contributed by atoms with Gasteiger partial charge in [-0.05, 0) is 83.5 Å². The van der Waals surface area contributed by atoms with Crippen LogP contribution in [0.4, 0.5) is 0 Å². The van der Waals surface area contributed by atoms with Crippen LogP contribution >= 0.6 is 0 Å². The maximum Gasteiger partial charge on any atom is 0.306 e. The first-order valence-electron chi connectivity index (χ1n) is 37.1. The Kier molecular flexibility index (Phi) is 66.1. The van der Waals surface area contributed by atoms with Gasteiger partial charge in [-0.3, -0.25) is 9.59 Å². The molecule has 0 heterocycles. The van der Waals surface area contributed by atoms with E-state index in [1.165, 1.54) is 244 Å². The molecule has 2 atom stereocenters. The van der Waals surface area contributed by atoms with Crippen LogP contribution in [0.2, 0.25) is 0 Å². The first kappa shape index (κ1) is 83.7. The summed E-state index contributed by atoms with van der Waals surface area (Å²) < 4.78 is 22.8. The molecule has 0 N–H and O–H groups in total. The van der Waals surface area contributed by atoms with E-state index in [0.717, 1.165) is 70.6 Å². The van der Waals surface area contributed by atoms with Crippen molar-refractivity contribution >= 4 is 17.9 Å². The molecule has 2 unspecified atom stereocenters. The summed E-state index contributed by atoms with van der Waals surface area (Å²) in [5.74, 6) is -2.26. The Hall–Kier alpha value is -3.27. The maximum atomic E-state index is 12.9. The monoisotopic (exact) mass is 1220 g/mol. The van der Waals surface area contributed by atoms with E-state index in [1.54, 1.807) is 0 Å². The molecule has 0 aromatic heterocycles. The van der Waals surface area contributed by atoms with Crippen molar-refractivity contribution in [3.8, 4) is 0 Å². The Labute approximate surface area is 538 Å². The summed E-state index contributed by atoms with van der Waals surface area (Å²) >= 11 is 0. The van der Waals surface area contributed by atoms with Gasteiger partial charge in [-0.2, -0.15) is 0 Å². The fourth-order valence-electron chi connectivity index (χ4n) is 10.8. The average molecular weight is 1220 g/mol. The van der Waals surface area contributed by atoms with Gasteiger partial charge in [-0.1, -0.05) is 324 Å². The number of nitrogens with zero attached hydrogens (tertiary/aromatic N) is 1. The smallest absolute Gasteiger partial charge is 0.306 e. The predicted octanol–water partition coefficient (Wildman–Crippen LogP) is 21.9. The molecule has 0 aliphatic heterocycles. The van der Waals surface area contributed by atoms with Crippen molar-refractivity contribution in [1.29, 1.82) is 0 Å². The number of hydrogen-bond donors (Lipinski definition) is 0. The minimum absolute atomic E-state index is 0.148. The van der Waals surface area contributed by atoms with E-state index in [0.29, 0.717) is 23.9 Å². The van der Waals surface area contributed by atoms with E-state index in [1.807, 2.05) is 21.1 Å². The van der Waals surface area contributed by atoms with Crippen LogP contribution < -0.4 is 5.11 Å². The standard InChI is InChI=1S/C78H141NO8/c1-6-8-10-12-14-16-18-20-22-24-26-28-30-32-34-35-36-37-38-39-40-41-43-44-46-48-50-52-54-56-58-60-62-64-66-68-75(80)85-72-74(73-86-78(77(82)83)84-71-70-79(3,4)5)87-76(81)69-67-65-63-61-59-57-55-53-51-49-47-45-42-33-31-29-27-25-23-21-19-17-15-13-11-9-7-2/h9,11,15,17-18,20-21,23-24,26-27,29,74,78H,6-8,10,12-14,16,19,22,25,28,30-73H2,1-5H3/b11-9-,17-15-,20-18-,23-21-,26-24-,29-27-. The second kappa shape index (κ2) is 68.6. The number of carboxylic acid groups (broad SMARTS) is 1. The maximum absolute atomic E-state index is 12.9. The van der Waals surface area contributed by atoms with E-state index in [2.05, 4.69) is 86.8 Å². The van der Waals surface area contributed by atoms with Gasteiger partial charge >= 0.3 is 11.9 Å². The van der Waals surface area contributed by atoms with Crippen molar-refractivity contribution in [3.63, 3.8) is 0 Å². The Morgan fingerprint density at radius 3 is 0.977 bits per heavy atom. The normalized spacial score (nSPS) is 13.1. The van der Waals surface area contributed by atoms with E-state index >= 15 is 0 Å².